The van der Waals surface area contributed by atoms with Crippen LogP contribution in [0.15, 0.2) is 83.9 Å². The van der Waals surface area contributed by atoms with Crippen LogP contribution in [0.5, 0.6) is 5.88 Å². The summed E-state index contributed by atoms with van der Waals surface area (Å²) in [6.07, 6.45) is 3.24. The van der Waals surface area contributed by atoms with Crippen LogP contribution >= 0.6 is 0 Å². The van der Waals surface area contributed by atoms with Crippen molar-refractivity contribution < 1.29 is 9.53 Å². The van der Waals surface area contributed by atoms with Gasteiger partial charge in [0, 0.05) is 42.9 Å². The molecule has 1 N–H and O–H groups in total. The fourth-order valence-corrected chi connectivity index (χ4v) is 4.91. The smallest absolute Gasteiger partial charge is 0.263 e. The van der Waals surface area contributed by atoms with Crippen LogP contribution in [0.3, 0.4) is 0 Å². The van der Waals surface area contributed by atoms with Crippen molar-refractivity contribution in [1.29, 1.82) is 0 Å². The molecule has 0 saturated carbocycles. The van der Waals surface area contributed by atoms with Crippen LogP contribution in [0.1, 0.15) is 34.8 Å². The third-order valence-electron chi connectivity index (χ3n) is 7.02. The Bertz CT molecular complexity index is 1800. The number of hydrogen-bond acceptors (Lipinski definition) is 7. The summed E-state index contributed by atoms with van der Waals surface area (Å²) in [6.45, 7) is 5.20. The lowest BCUT2D eigenvalue weighted by Crippen LogP contribution is -2.26. The van der Waals surface area contributed by atoms with Crippen molar-refractivity contribution in [2.75, 3.05) is 25.5 Å². The quantitative estimate of drug-likeness (QED) is 0.301. The minimum absolute atomic E-state index is 0.105. The Morgan fingerprint density at radius 2 is 1.82 bits per heavy atom. The highest BCUT2D eigenvalue weighted by molar-refractivity contribution is 6.00. The van der Waals surface area contributed by atoms with Crippen LogP contribution in [0.2, 0.25) is 0 Å². The maximum atomic E-state index is 14.4. The minimum atomic E-state index is -0.378. The summed E-state index contributed by atoms with van der Waals surface area (Å²) in [7, 11) is 1.57. The molecule has 40 heavy (non-hydrogen) atoms. The number of anilines is 1. The third-order valence-corrected chi connectivity index (χ3v) is 7.02. The number of rotatable bonds is 7. The summed E-state index contributed by atoms with van der Waals surface area (Å²) < 4.78 is 7.06. The van der Waals surface area contributed by atoms with Gasteiger partial charge in [-0.1, -0.05) is 36.4 Å². The number of pyridine rings is 2. The molecule has 5 aromatic rings. The number of benzene rings is 2. The Labute approximate surface area is 231 Å². The van der Waals surface area contributed by atoms with E-state index in [-0.39, 0.29) is 17.5 Å². The highest BCUT2D eigenvalue weighted by Gasteiger charge is 2.29. The standard InChI is InChI=1S/C31H28N6O3/c1-19(34-29-25(18-33-20(2)35-29)30(38)36-14-15-36)26-16-22-8-7-11-24(21-12-13-32-27(17-21)40-3)28(22)31(39)37(26)23-9-5-4-6-10-23/h4-13,16-19H,14-15H2,1-3H3,(H,33,34,35)/t19-/m0/s1. The van der Waals surface area contributed by atoms with E-state index in [4.69, 9.17) is 4.74 Å². The molecule has 0 unspecified atom stereocenters. The van der Waals surface area contributed by atoms with E-state index in [1.165, 1.54) is 0 Å². The SMILES string of the molecule is COc1cc(-c2cccc3cc([C@H](C)Nc4nc(C)ncc4C(=O)N4CC4)n(-c4ccccc4)c(=O)c23)ccn1. The number of carbonyl (C=O) groups is 1. The number of nitrogens with zero attached hydrogens (tertiary/aromatic N) is 5. The molecule has 0 radical (unpaired) electrons. The number of ether oxygens (including phenoxy) is 1. The number of aromatic nitrogens is 4. The lowest BCUT2D eigenvalue weighted by Gasteiger charge is -2.23. The van der Waals surface area contributed by atoms with E-state index < -0.39 is 0 Å². The van der Waals surface area contributed by atoms with Crippen LogP contribution < -0.4 is 15.6 Å². The van der Waals surface area contributed by atoms with Gasteiger partial charge in [0.2, 0.25) is 5.88 Å². The van der Waals surface area contributed by atoms with Crippen molar-refractivity contribution in [3.05, 3.63) is 107 Å². The molecule has 1 amide bonds. The van der Waals surface area contributed by atoms with Gasteiger partial charge in [-0.2, -0.15) is 0 Å². The van der Waals surface area contributed by atoms with Crippen molar-refractivity contribution >= 4 is 22.5 Å². The first kappa shape index (κ1) is 25.2. The molecule has 6 rings (SSSR count). The minimum Gasteiger partial charge on any atom is -0.481 e. The van der Waals surface area contributed by atoms with Gasteiger partial charge in [-0.15, -0.1) is 0 Å². The average Bonchev–Trinajstić information content (AvgIpc) is 3.83. The van der Waals surface area contributed by atoms with Gasteiger partial charge in [0.05, 0.1) is 18.5 Å². The maximum Gasteiger partial charge on any atom is 0.263 e. The molecule has 1 aliphatic rings. The Hall–Kier alpha value is -5.05. The predicted molar refractivity (Wildman–Crippen MR) is 154 cm³/mol. The monoisotopic (exact) mass is 532 g/mol. The average molecular weight is 533 g/mol. The van der Waals surface area contributed by atoms with E-state index in [0.29, 0.717) is 28.5 Å². The summed E-state index contributed by atoms with van der Waals surface area (Å²) in [6, 6.07) is 20.7. The molecule has 200 valence electrons. The zero-order chi connectivity index (χ0) is 27.8. The number of carbonyl (C=O) groups excluding carboxylic acids is 1. The predicted octanol–water partition coefficient (Wildman–Crippen LogP) is 4.79. The van der Waals surface area contributed by atoms with Crippen molar-refractivity contribution in [2.24, 2.45) is 0 Å². The molecule has 3 aromatic heterocycles. The molecular formula is C31H28N6O3. The lowest BCUT2D eigenvalue weighted by atomic mass is 9.98. The highest BCUT2D eigenvalue weighted by atomic mass is 16.5. The summed E-state index contributed by atoms with van der Waals surface area (Å²) in [5, 5.41) is 4.80. The van der Waals surface area contributed by atoms with E-state index in [0.717, 1.165) is 41.0 Å². The number of methoxy groups -OCH3 is 1. The van der Waals surface area contributed by atoms with E-state index >= 15 is 0 Å². The molecule has 4 heterocycles. The van der Waals surface area contributed by atoms with Gasteiger partial charge < -0.3 is 15.0 Å². The van der Waals surface area contributed by atoms with Crippen LogP contribution in [0.25, 0.3) is 27.6 Å². The molecule has 0 aliphatic carbocycles. The number of nitrogens with one attached hydrogen (secondary N) is 1. The van der Waals surface area contributed by atoms with Crippen molar-refractivity contribution in [1.82, 2.24) is 24.4 Å². The van der Waals surface area contributed by atoms with Gasteiger partial charge in [-0.25, -0.2) is 15.0 Å². The molecule has 2 aromatic carbocycles. The zero-order valence-corrected chi connectivity index (χ0v) is 22.5. The Kier molecular flexibility index (Phi) is 6.47. The molecule has 1 fully saturated rings. The Morgan fingerprint density at radius 1 is 1.02 bits per heavy atom. The molecular weight excluding hydrogens is 504 g/mol. The van der Waals surface area contributed by atoms with Gasteiger partial charge >= 0.3 is 0 Å². The van der Waals surface area contributed by atoms with Crippen LogP contribution in [-0.2, 0) is 0 Å². The van der Waals surface area contributed by atoms with Gasteiger partial charge in [-0.05, 0) is 54.6 Å². The molecule has 0 spiro atoms. The number of para-hydroxylation sites is 1. The largest absolute Gasteiger partial charge is 0.481 e. The van der Waals surface area contributed by atoms with Crippen LogP contribution in [0.4, 0.5) is 5.82 Å². The first-order valence-electron chi connectivity index (χ1n) is 13.1. The number of aryl methyl sites for hydroxylation is 1. The van der Waals surface area contributed by atoms with Gasteiger partial charge in [0.1, 0.15) is 17.2 Å². The van der Waals surface area contributed by atoms with Crippen molar-refractivity contribution in [3.8, 4) is 22.7 Å². The van der Waals surface area contributed by atoms with E-state index in [1.807, 2.05) is 73.7 Å². The maximum absolute atomic E-state index is 14.4. The molecule has 9 heteroatoms. The Morgan fingerprint density at radius 3 is 2.58 bits per heavy atom. The second kappa shape index (κ2) is 10.3. The molecule has 0 bridgehead atoms. The number of hydrogen-bond donors (Lipinski definition) is 1. The first-order chi connectivity index (χ1) is 19.4. The first-order valence-corrected chi connectivity index (χ1v) is 13.1. The van der Waals surface area contributed by atoms with Crippen molar-refractivity contribution in [3.63, 3.8) is 0 Å². The van der Waals surface area contributed by atoms with E-state index in [1.54, 1.807) is 35.9 Å². The van der Waals surface area contributed by atoms with E-state index in [2.05, 4.69) is 20.3 Å². The normalized spacial score (nSPS) is 13.2. The zero-order valence-electron chi connectivity index (χ0n) is 22.5. The second-order valence-corrected chi connectivity index (χ2v) is 9.74. The number of amides is 1. The molecule has 9 nitrogen and oxygen atoms in total. The van der Waals surface area contributed by atoms with Gasteiger partial charge in [-0.3, -0.25) is 14.2 Å². The second-order valence-electron chi connectivity index (χ2n) is 9.74. The third kappa shape index (κ3) is 4.66. The molecule has 1 atom stereocenters. The summed E-state index contributed by atoms with van der Waals surface area (Å²) in [5.41, 5.74) is 3.35. The molecule has 1 saturated heterocycles. The number of fused-ring (bicyclic) bond motifs is 1. The summed E-state index contributed by atoms with van der Waals surface area (Å²) >= 11 is 0. The van der Waals surface area contributed by atoms with Crippen LogP contribution in [-0.4, -0.2) is 50.5 Å². The Balaban J connectivity index is 1.53. The summed E-state index contributed by atoms with van der Waals surface area (Å²) in [4.78, 5) is 42.1. The van der Waals surface area contributed by atoms with Gasteiger partial charge in [0.15, 0.2) is 0 Å². The summed E-state index contributed by atoms with van der Waals surface area (Å²) in [5.74, 6) is 1.36. The van der Waals surface area contributed by atoms with E-state index in [9.17, 15) is 9.59 Å². The fourth-order valence-electron chi connectivity index (χ4n) is 4.91. The van der Waals surface area contributed by atoms with Crippen molar-refractivity contribution in [2.45, 2.75) is 19.9 Å². The molecule has 1 aliphatic heterocycles. The van der Waals surface area contributed by atoms with Gasteiger partial charge in [0.25, 0.3) is 11.5 Å². The van der Waals surface area contributed by atoms with Crippen LogP contribution in [0, 0.1) is 6.92 Å². The topological polar surface area (TPSA) is 102 Å². The highest BCUT2D eigenvalue weighted by Crippen LogP contribution is 2.31. The fraction of sp³-hybridized carbons (Fsp3) is 0.194. The lowest BCUT2D eigenvalue weighted by molar-refractivity contribution is 0.0885.